The largest absolute Gasteiger partial charge is 0.314 e. The quantitative estimate of drug-likeness (QED) is 0.454. The molecule has 0 bridgehead atoms. The van der Waals surface area contributed by atoms with Gasteiger partial charge in [-0.2, -0.15) is 0 Å². The summed E-state index contributed by atoms with van der Waals surface area (Å²) in [5, 5.41) is 3.47. The third kappa shape index (κ3) is 7.63. The Morgan fingerprint density at radius 3 is 2.75 bits per heavy atom. The number of hydrogen-bond donors (Lipinski definition) is 1. The van der Waals surface area contributed by atoms with Gasteiger partial charge in [-0.25, -0.2) is 0 Å². The summed E-state index contributed by atoms with van der Waals surface area (Å²) in [5.41, 5.74) is 0. The Morgan fingerprint density at radius 1 is 1.42 bits per heavy atom. The Morgan fingerprint density at radius 2 is 2.17 bits per heavy atom. The molecule has 0 saturated carbocycles. The number of hydrogen-bond acceptors (Lipinski definition) is 1. The molecule has 0 spiro atoms. The predicted octanol–water partition coefficient (Wildman–Crippen LogP) is 2.57. The monoisotopic (exact) mass is 167 g/mol. The van der Waals surface area contributed by atoms with Gasteiger partial charge in [0.15, 0.2) is 0 Å². The van der Waals surface area contributed by atoms with Crippen LogP contribution in [0.2, 0.25) is 0 Å². The fourth-order valence-electron chi connectivity index (χ4n) is 1.24. The van der Waals surface area contributed by atoms with Crippen molar-refractivity contribution < 1.29 is 0 Å². The molecule has 0 heterocycles. The van der Waals surface area contributed by atoms with Gasteiger partial charge in [0.25, 0.3) is 0 Å². The second kappa shape index (κ2) is 8.62. The summed E-state index contributed by atoms with van der Waals surface area (Å²) in [7, 11) is 0. The van der Waals surface area contributed by atoms with E-state index in [1.54, 1.807) is 0 Å². The van der Waals surface area contributed by atoms with Crippen LogP contribution in [0.5, 0.6) is 0 Å². The highest BCUT2D eigenvalue weighted by Crippen LogP contribution is 1.96. The number of nitrogens with one attached hydrogen (secondary N) is 1. The second-order valence-electron chi connectivity index (χ2n) is 3.31. The van der Waals surface area contributed by atoms with Crippen LogP contribution in [0.25, 0.3) is 0 Å². The van der Waals surface area contributed by atoms with Crippen molar-refractivity contribution >= 4 is 0 Å². The molecule has 0 radical (unpaired) electrons. The molecule has 1 nitrogen and oxygen atoms in total. The minimum absolute atomic E-state index is 0.667. The highest BCUT2D eigenvalue weighted by molar-refractivity contribution is 4.82. The van der Waals surface area contributed by atoms with E-state index in [0.717, 1.165) is 19.4 Å². The smallest absolute Gasteiger partial charge is 0.00865 e. The lowest BCUT2D eigenvalue weighted by molar-refractivity contribution is 0.497. The lowest BCUT2D eigenvalue weighted by atomic mass is 10.2. The van der Waals surface area contributed by atoms with Crippen molar-refractivity contribution in [1.82, 2.24) is 5.32 Å². The van der Waals surface area contributed by atoms with Crippen molar-refractivity contribution in [2.45, 2.75) is 52.0 Å². The third-order valence-electron chi connectivity index (χ3n) is 1.96. The molecule has 0 rings (SSSR count). The van der Waals surface area contributed by atoms with Crippen LogP contribution in [-0.2, 0) is 0 Å². The molecule has 1 N–H and O–H groups in total. The van der Waals surface area contributed by atoms with E-state index in [2.05, 4.69) is 25.1 Å². The van der Waals surface area contributed by atoms with Gasteiger partial charge in [-0.15, -0.1) is 12.3 Å². The molecule has 0 aliphatic heterocycles. The number of unbranched alkanes of at least 4 members (excludes halogenated alkanes) is 2. The maximum absolute atomic E-state index is 5.15. The molecule has 0 aliphatic rings. The predicted molar refractivity (Wildman–Crippen MR) is 55.1 cm³/mol. The van der Waals surface area contributed by atoms with E-state index in [-0.39, 0.29) is 0 Å². The van der Waals surface area contributed by atoms with Gasteiger partial charge in [0.2, 0.25) is 0 Å². The van der Waals surface area contributed by atoms with Crippen LogP contribution in [-0.4, -0.2) is 12.6 Å². The molecule has 12 heavy (non-hydrogen) atoms. The first-order chi connectivity index (χ1) is 5.81. The van der Waals surface area contributed by atoms with Crippen LogP contribution >= 0.6 is 0 Å². The minimum Gasteiger partial charge on any atom is -0.314 e. The average Bonchev–Trinajstić information content (AvgIpc) is 2.05. The Labute approximate surface area is 76.9 Å². The molecule has 0 saturated heterocycles. The summed E-state index contributed by atoms with van der Waals surface area (Å²) < 4.78 is 0. The van der Waals surface area contributed by atoms with Gasteiger partial charge < -0.3 is 5.32 Å². The molecular weight excluding hydrogens is 146 g/mol. The van der Waals surface area contributed by atoms with Gasteiger partial charge in [0, 0.05) is 12.5 Å². The van der Waals surface area contributed by atoms with Crippen LogP contribution in [0.3, 0.4) is 0 Å². The highest BCUT2D eigenvalue weighted by Gasteiger charge is 1.97. The fourth-order valence-corrected chi connectivity index (χ4v) is 1.24. The van der Waals surface area contributed by atoms with Crippen molar-refractivity contribution in [3.05, 3.63) is 0 Å². The standard InChI is InChI=1S/C11H21N/c1-4-6-7-8-10-12-11(3)9-5-2/h1,11-12H,5-10H2,2-3H3. The van der Waals surface area contributed by atoms with E-state index in [0.29, 0.717) is 6.04 Å². The first kappa shape index (κ1) is 11.5. The zero-order valence-corrected chi connectivity index (χ0v) is 8.40. The van der Waals surface area contributed by atoms with Gasteiger partial charge in [-0.05, 0) is 32.7 Å². The zero-order chi connectivity index (χ0) is 9.23. The first-order valence-electron chi connectivity index (χ1n) is 4.98. The van der Waals surface area contributed by atoms with Crippen molar-refractivity contribution in [3.63, 3.8) is 0 Å². The Hall–Kier alpha value is -0.480. The van der Waals surface area contributed by atoms with Crippen molar-refractivity contribution in [1.29, 1.82) is 0 Å². The maximum Gasteiger partial charge on any atom is 0.00865 e. The van der Waals surface area contributed by atoms with Gasteiger partial charge in [-0.1, -0.05) is 13.3 Å². The summed E-state index contributed by atoms with van der Waals surface area (Å²) in [6, 6.07) is 0.667. The summed E-state index contributed by atoms with van der Waals surface area (Å²) in [6.07, 6.45) is 11.0. The average molecular weight is 167 g/mol. The zero-order valence-electron chi connectivity index (χ0n) is 8.40. The van der Waals surface area contributed by atoms with Crippen LogP contribution in [0.15, 0.2) is 0 Å². The van der Waals surface area contributed by atoms with Gasteiger partial charge in [-0.3, -0.25) is 0 Å². The van der Waals surface area contributed by atoms with Crippen LogP contribution in [0.4, 0.5) is 0 Å². The van der Waals surface area contributed by atoms with E-state index < -0.39 is 0 Å². The molecule has 0 amide bonds. The number of rotatable bonds is 7. The molecule has 1 atom stereocenters. The van der Waals surface area contributed by atoms with Crippen LogP contribution < -0.4 is 5.32 Å². The van der Waals surface area contributed by atoms with E-state index in [9.17, 15) is 0 Å². The Balaban J connectivity index is 3.04. The normalized spacial score (nSPS) is 12.4. The highest BCUT2D eigenvalue weighted by atomic mass is 14.9. The van der Waals surface area contributed by atoms with Crippen LogP contribution in [0.1, 0.15) is 46.0 Å². The lowest BCUT2D eigenvalue weighted by Crippen LogP contribution is -2.26. The Kier molecular flexibility index (Phi) is 8.27. The topological polar surface area (TPSA) is 12.0 Å². The van der Waals surface area contributed by atoms with E-state index in [1.807, 2.05) is 0 Å². The molecule has 0 fully saturated rings. The van der Waals surface area contributed by atoms with Crippen molar-refractivity contribution in [3.8, 4) is 12.3 Å². The molecular formula is C11H21N. The van der Waals surface area contributed by atoms with E-state index in [4.69, 9.17) is 6.42 Å². The third-order valence-corrected chi connectivity index (χ3v) is 1.96. The molecule has 1 unspecified atom stereocenters. The summed E-state index contributed by atoms with van der Waals surface area (Å²) in [5.74, 6) is 2.65. The molecule has 0 aromatic rings. The molecule has 0 aliphatic carbocycles. The SMILES string of the molecule is C#CCCCCNC(C)CCC. The van der Waals surface area contributed by atoms with Crippen molar-refractivity contribution in [2.75, 3.05) is 6.54 Å². The maximum atomic E-state index is 5.15. The summed E-state index contributed by atoms with van der Waals surface area (Å²) in [4.78, 5) is 0. The van der Waals surface area contributed by atoms with E-state index in [1.165, 1.54) is 19.3 Å². The van der Waals surface area contributed by atoms with Gasteiger partial charge >= 0.3 is 0 Å². The minimum atomic E-state index is 0.667. The van der Waals surface area contributed by atoms with Crippen LogP contribution in [0, 0.1) is 12.3 Å². The molecule has 0 aromatic heterocycles. The Bertz CT molecular complexity index is 123. The molecule has 1 heteroatoms. The second-order valence-corrected chi connectivity index (χ2v) is 3.31. The number of terminal acetylenes is 1. The molecule has 70 valence electrons. The lowest BCUT2D eigenvalue weighted by Gasteiger charge is -2.11. The molecule has 0 aromatic carbocycles. The summed E-state index contributed by atoms with van der Waals surface area (Å²) in [6.45, 7) is 5.57. The fraction of sp³-hybridized carbons (Fsp3) is 0.818. The van der Waals surface area contributed by atoms with Gasteiger partial charge in [0.1, 0.15) is 0 Å². The van der Waals surface area contributed by atoms with Gasteiger partial charge in [0.05, 0.1) is 0 Å². The van der Waals surface area contributed by atoms with E-state index >= 15 is 0 Å². The van der Waals surface area contributed by atoms with Crippen molar-refractivity contribution in [2.24, 2.45) is 0 Å². The summed E-state index contributed by atoms with van der Waals surface area (Å²) >= 11 is 0. The first-order valence-corrected chi connectivity index (χ1v) is 4.98.